The van der Waals surface area contributed by atoms with Gasteiger partial charge < -0.3 is 9.88 Å². The van der Waals surface area contributed by atoms with Crippen molar-refractivity contribution in [2.45, 2.75) is 51.6 Å². The zero-order valence-corrected chi connectivity index (χ0v) is 12.7. The fourth-order valence-corrected chi connectivity index (χ4v) is 3.27. The highest BCUT2D eigenvalue weighted by atomic mass is 35.5. The minimum Gasteiger partial charge on any atom is -0.325 e. The maximum Gasteiger partial charge on any atom is 0.224 e. The summed E-state index contributed by atoms with van der Waals surface area (Å²) in [5.41, 5.74) is 2.29. The van der Waals surface area contributed by atoms with Crippen LogP contribution < -0.4 is 5.32 Å². The Hall–Kier alpha value is -1.13. The second-order valence-corrected chi connectivity index (χ2v) is 5.88. The monoisotopic (exact) mass is 292 g/mol. The van der Waals surface area contributed by atoms with E-state index >= 15 is 0 Å². The molecule has 2 aromatic heterocycles. The highest BCUT2D eigenvalue weighted by molar-refractivity contribution is 6.28. The molecule has 2 heterocycles. The summed E-state index contributed by atoms with van der Waals surface area (Å²) >= 11 is 5.98. The van der Waals surface area contributed by atoms with E-state index in [9.17, 15) is 0 Å². The molecule has 4 nitrogen and oxygen atoms in total. The van der Waals surface area contributed by atoms with Crippen molar-refractivity contribution < 1.29 is 0 Å². The largest absolute Gasteiger partial charge is 0.325 e. The first-order chi connectivity index (χ1) is 9.79. The van der Waals surface area contributed by atoms with E-state index in [1.54, 1.807) is 0 Å². The first-order valence-electron chi connectivity index (χ1n) is 7.52. The molecule has 3 rings (SSSR count). The zero-order valence-electron chi connectivity index (χ0n) is 11.9. The number of nitrogens with one attached hydrogen (secondary N) is 1. The molecule has 5 heteroatoms. The summed E-state index contributed by atoms with van der Waals surface area (Å²) in [4.78, 5) is 8.56. The number of aromatic nitrogens is 3. The van der Waals surface area contributed by atoms with Crippen LogP contribution in [-0.4, -0.2) is 21.1 Å². The van der Waals surface area contributed by atoms with Gasteiger partial charge in [-0.05, 0) is 43.5 Å². The fourth-order valence-electron chi connectivity index (χ4n) is 3.14. The molecule has 0 amide bonds. The lowest BCUT2D eigenvalue weighted by Gasteiger charge is -2.17. The molecule has 1 saturated carbocycles. The van der Waals surface area contributed by atoms with Gasteiger partial charge in [-0.15, -0.1) is 0 Å². The molecular weight excluding hydrogens is 272 g/mol. The Morgan fingerprint density at radius 1 is 1.40 bits per heavy atom. The average Bonchev–Trinajstić information content (AvgIpc) is 3.05. The molecule has 0 atom stereocenters. The molecular formula is C15H21ClN4. The van der Waals surface area contributed by atoms with Crippen molar-refractivity contribution in [1.29, 1.82) is 0 Å². The molecule has 1 aliphatic carbocycles. The maximum absolute atomic E-state index is 5.98. The van der Waals surface area contributed by atoms with Gasteiger partial charge in [0.15, 0.2) is 0 Å². The number of halogens is 1. The number of hydrogen-bond acceptors (Lipinski definition) is 3. The summed E-state index contributed by atoms with van der Waals surface area (Å²) in [6.07, 6.45) is 8.09. The number of fused-ring (bicyclic) bond motifs is 1. The Morgan fingerprint density at radius 3 is 2.95 bits per heavy atom. The van der Waals surface area contributed by atoms with E-state index in [1.165, 1.54) is 31.4 Å². The summed E-state index contributed by atoms with van der Waals surface area (Å²) < 4.78 is 2.39. The third-order valence-electron chi connectivity index (χ3n) is 4.05. The lowest BCUT2D eigenvalue weighted by atomic mass is 10.2. The van der Waals surface area contributed by atoms with Gasteiger partial charge in [0.05, 0.1) is 0 Å². The van der Waals surface area contributed by atoms with Gasteiger partial charge in [-0.2, -0.15) is 4.98 Å². The molecule has 1 fully saturated rings. The van der Waals surface area contributed by atoms with E-state index in [0.29, 0.717) is 11.3 Å². The molecule has 0 aromatic carbocycles. The van der Waals surface area contributed by atoms with Crippen molar-refractivity contribution in [2.24, 2.45) is 0 Å². The summed E-state index contributed by atoms with van der Waals surface area (Å²) in [6.45, 7) is 4.11. The summed E-state index contributed by atoms with van der Waals surface area (Å²) in [6, 6.07) is 2.77. The molecule has 0 saturated heterocycles. The van der Waals surface area contributed by atoms with E-state index in [0.717, 1.165) is 30.5 Å². The van der Waals surface area contributed by atoms with Crippen LogP contribution in [0, 0.1) is 0 Å². The maximum atomic E-state index is 5.98. The van der Waals surface area contributed by atoms with E-state index in [1.807, 2.05) is 6.20 Å². The standard InChI is InChI=1S/C15H21ClN4/c1-2-7-17-10-13-8-11-9-18-15(16)19-14(11)20(13)12-5-3-4-6-12/h8-9,12,17H,2-7,10H2,1H3. The van der Waals surface area contributed by atoms with Gasteiger partial charge in [-0.1, -0.05) is 19.8 Å². The SMILES string of the molecule is CCCNCc1cc2cnc(Cl)nc2n1C1CCCC1. The minimum atomic E-state index is 0.336. The van der Waals surface area contributed by atoms with Crippen molar-refractivity contribution in [1.82, 2.24) is 19.9 Å². The second kappa shape index (κ2) is 6.10. The van der Waals surface area contributed by atoms with Crippen molar-refractivity contribution in [3.63, 3.8) is 0 Å². The van der Waals surface area contributed by atoms with Gasteiger partial charge in [0.2, 0.25) is 5.28 Å². The molecule has 0 unspecified atom stereocenters. The molecule has 2 aromatic rings. The third kappa shape index (κ3) is 2.67. The van der Waals surface area contributed by atoms with Gasteiger partial charge in [-0.25, -0.2) is 4.98 Å². The highest BCUT2D eigenvalue weighted by Crippen LogP contribution is 2.34. The van der Waals surface area contributed by atoms with E-state index in [4.69, 9.17) is 11.6 Å². The first-order valence-corrected chi connectivity index (χ1v) is 7.90. The van der Waals surface area contributed by atoms with Crippen LogP contribution >= 0.6 is 11.6 Å². The van der Waals surface area contributed by atoms with Crippen LogP contribution in [0.2, 0.25) is 5.28 Å². The van der Waals surface area contributed by atoms with E-state index in [-0.39, 0.29) is 0 Å². The highest BCUT2D eigenvalue weighted by Gasteiger charge is 2.22. The number of hydrogen-bond donors (Lipinski definition) is 1. The van der Waals surface area contributed by atoms with Crippen molar-refractivity contribution in [2.75, 3.05) is 6.54 Å². The molecule has 0 bridgehead atoms. The topological polar surface area (TPSA) is 42.7 Å². The quantitative estimate of drug-likeness (QED) is 0.675. The van der Waals surface area contributed by atoms with Crippen LogP contribution in [0.25, 0.3) is 11.0 Å². The van der Waals surface area contributed by atoms with Gasteiger partial charge in [0.1, 0.15) is 5.65 Å². The molecule has 0 spiro atoms. The Bertz CT molecular complexity index is 587. The molecule has 1 N–H and O–H groups in total. The zero-order chi connectivity index (χ0) is 13.9. The molecule has 1 aliphatic rings. The second-order valence-electron chi connectivity index (χ2n) is 5.54. The first kappa shape index (κ1) is 13.8. The van der Waals surface area contributed by atoms with E-state index in [2.05, 4.69) is 32.8 Å². The van der Waals surface area contributed by atoms with Gasteiger partial charge in [0.25, 0.3) is 0 Å². The molecule has 20 heavy (non-hydrogen) atoms. The molecule has 108 valence electrons. The molecule has 0 radical (unpaired) electrons. The summed E-state index contributed by atoms with van der Waals surface area (Å²) in [7, 11) is 0. The van der Waals surface area contributed by atoms with Crippen LogP contribution in [0.1, 0.15) is 50.8 Å². The molecule has 0 aliphatic heterocycles. The van der Waals surface area contributed by atoms with E-state index < -0.39 is 0 Å². The lowest BCUT2D eigenvalue weighted by molar-refractivity contribution is 0.501. The third-order valence-corrected chi connectivity index (χ3v) is 4.23. The van der Waals surface area contributed by atoms with Crippen LogP contribution in [-0.2, 0) is 6.54 Å². The van der Waals surface area contributed by atoms with Crippen LogP contribution in [0.15, 0.2) is 12.3 Å². The van der Waals surface area contributed by atoms with Crippen molar-refractivity contribution in [3.05, 3.63) is 23.2 Å². The number of rotatable bonds is 5. The minimum absolute atomic E-state index is 0.336. The summed E-state index contributed by atoms with van der Waals surface area (Å²) in [5.74, 6) is 0. The van der Waals surface area contributed by atoms with Gasteiger partial charge in [-0.3, -0.25) is 0 Å². The Morgan fingerprint density at radius 2 is 2.20 bits per heavy atom. The Labute approximate surface area is 124 Å². The summed E-state index contributed by atoms with van der Waals surface area (Å²) in [5, 5.41) is 4.92. The van der Waals surface area contributed by atoms with Crippen molar-refractivity contribution >= 4 is 22.6 Å². The van der Waals surface area contributed by atoms with Gasteiger partial charge in [0, 0.05) is 29.9 Å². The van der Waals surface area contributed by atoms with Crippen LogP contribution in [0.4, 0.5) is 0 Å². The normalized spacial score (nSPS) is 16.3. The van der Waals surface area contributed by atoms with Gasteiger partial charge >= 0.3 is 0 Å². The van der Waals surface area contributed by atoms with Crippen LogP contribution in [0.3, 0.4) is 0 Å². The smallest absolute Gasteiger partial charge is 0.224 e. The predicted molar refractivity (Wildman–Crippen MR) is 82.0 cm³/mol. The lowest BCUT2D eigenvalue weighted by Crippen LogP contribution is -2.18. The van der Waals surface area contributed by atoms with Crippen molar-refractivity contribution in [3.8, 4) is 0 Å². The van der Waals surface area contributed by atoms with Crippen LogP contribution in [0.5, 0.6) is 0 Å². The Kier molecular flexibility index (Phi) is 4.22. The number of nitrogens with zero attached hydrogens (tertiary/aromatic N) is 3. The Balaban J connectivity index is 2.00. The average molecular weight is 293 g/mol. The predicted octanol–water partition coefficient (Wildman–Crippen LogP) is 3.70. The fraction of sp³-hybridized carbons (Fsp3) is 0.600.